The Kier molecular flexibility index (Phi) is 8.98. The van der Waals surface area contributed by atoms with Crippen molar-refractivity contribution in [2.45, 2.75) is 38.8 Å². The van der Waals surface area contributed by atoms with Crippen molar-refractivity contribution in [2.75, 3.05) is 23.7 Å². The van der Waals surface area contributed by atoms with Gasteiger partial charge in [-0.3, -0.25) is 14.4 Å². The second-order valence-electron chi connectivity index (χ2n) is 9.45. The van der Waals surface area contributed by atoms with E-state index in [9.17, 15) is 19.2 Å². The number of hydrogen-bond donors (Lipinski definition) is 3. The summed E-state index contributed by atoms with van der Waals surface area (Å²) in [5.41, 5.74) is -0.0784. The summed E-state index contributed by atoms with van der Waals surface area (Å²) in [4.78, 5) is 59.6. The molecule has 12 heteroatoms. The molecule has 3 rings (SSSR count). The molecule has 0 saturated carbocycles. The number of amides is 4. The van der Waals surface area contributed by atoms with Crippen LogP contribution in [0, 0.1) is 5.92 Å². The summed E-state index contributed by atoms with van der Waals surface area (Å²) in [5.74, 6) is -1.50. The molecule has 196 valence electrons. The van der Waals surface area contributed by atoms with E-state index in [0.29, 0.717) is 16.7 Å². The average molecular weight is 573 g/mol. The standard InChI is InChI=1S/C25H29BrN6O5/c1-5-21(33)28-17-11-15(13-32(14-17)24(36)37-25(2,3)4)22(34)29-16-9-10-20(27-12-16)31-23(35)18-7-6-8-19(26)30-18/h5-10,12,15,17H,1,11,13-14H2,2-4H3,(H,28,33)(H,29,34)(H,27,31,35)/t15-,17+/m1/s1. The number of halogens is 1. The lowest BCUT2D eigenvalue weighted by Crippen LogP contribution is -2.55. The lowest BCUT2D eigenvalue weighted by molar-refractivity contribution is -0.123. The van der Waals surface area contributed by atoms with Crippen LogP contribution in [0.1, 0.15) is 37.7 Å². The predicted octanol–water partition coefficient (Wildman–Crippen LogP) is 3.36. The van der Waals surface area contributed by atoms with E-state index in [1.54, 1.807) is 51.1 Å². The first-order valence-corrected chi connectivity index (χ1v) is 12.3. The van der Waals surface area contributed by atoms with Crippen molar-refractivity contribution in [2.24, 2.45) is 5.92 Å². The van der Waals surface area contributed by atoms with Gasteiger partial charge in [0.2, 0.25) is 11.8 Å². The van der Waals surface area contributed by atoms with Crippen molar-refractivity contribution < 1.29 is 23.9 Å². The zero-order valence-electron chi connectivity index (χ0n) is 20.8. The number of anilines is 2. The zero-order chi connectivity index (χ0) is 27.2. The highest BCUT2D eigenvalue weighted by molar-refractivity contribution is 9.10. The third kappa shape index (κ3) is 8.38. The Morgan fingerprint density at radius 2 is 1.89 bits per heavy atom. The van der Waals surface area contributed by atoms with Gasteiger partial charge in [-0.25, -0.2) is 14.8 Å². The van der Waals surface area contributed by atoms with Crippen LogP contribution in [-0.4, -0.2) is 63.4 Å². The number of carbonyl (C=O) groups excluding carboxylic acids is 4. The normalized spacial score (nSPS) is 17.4. The van der Waals surface area contributed by atoms with Crippen molar-refractivity contribution in [3.8, 4) is 0 Å². The van der Waals surface area contributed by atoms with Gasteiger partial charge in [-0.1, -0.05) is 12.6 Å². The molecule has 2 aromatic heterocycles. The molecule has 3 N–H and O–H groups in total. The van der Waals surface area contributed by atoms with Crippen LogP contribution in [0.25, 0.3) is 0 Å². The highest BCUT2D eigenvalue weighted by Crippen LogP contribution is 2.22. The maximum absolute atomic E-state index is 13.1. The molecule has 2 atom stereocenters. The molecule has 1 fully saturated rings. The number of hydrogen-bond acceptors (Lipinski definition) is 7. The highest BCUT2D eigenvalue weighted by atomic mass is 79.9. The number of piperidine rings is 1. The van der Waals surface area contributed by atoms with E-state index in [-0.39, 0.29) is 30.5 Å². The second-order valence-corrected chi connectivity index (χ2v) is 10.3. The Hall–Kier alpha value is -3.80. The molecule has 4 amide bonds. The van der Waals surface area contributed by atoms with Crippen LogP contribution in [-0.2, 0) is 14.3 Å². The topological polar surface area (TPSA) is 143 Å². The van der Waals surface area contributed by atoms with Gasteiger partial charge >= 0.3 is 6.09 Å². The first-order chi connectivity index (χ1) is 17.4. The van der Waals surface area contributed by atoms with Gasteiger partial charge in [0, 0.05) is 19.1 Å². The van der Waals surface area contributed by atoms with Gasteiger partial charge in [0.15, 0.2) is 0 Å². The van der Waals surface area contributed by atoms with Crippen molar-refractivity contribution in [3.63, 3.8) is 0 Å². The monoisotopic (exact) mass is 572 g/mol. The molecule has 1 aliphatic rings. The number of nitrogens with zero attached hydrogens (tertiary/aromatic N) is 3. The van der Waals surface area contributed by atoms with Crippen LogP contribution in [0.3, 0.4) is 0 Å². The SMILES string of the molecule is C=CC(=O)N[C@H]1C[C@@H](C(=O)Nc2ccc(NC(=O)c3cccc(Br)n3)nc2)CN(C(=O)OC(C)(C)C)C1. The van der Waals surface area contributed by atoms with Crippen molar-refractivity contribution in [3.05, 3.63) is 59.5 Å². The molecule has 0 radical (unpaired) electrons. The minimum absolute atomic E-state index is 0.127. The first-order valence-electron chi connectivity index (χ1n) is 11.5. The molecule has 0 bridgehead atoms. The number of carbonyl (C=O) groups is 4. The number of ether oxygens (including phenoxy) is 1. The van der Waals surface area contributed by atoms with Gasteiger partial charge < -0.3 is 25.6 Å². The van der Waals surface area contributed by atoms with E-state index in [4.69, 9.17) is 4.74 Å². The Balaban J connectivity index is 1.65. The molecule has 3 heterocycles. The number of rotatable bonds is 6. The lowest BCUT2D eigenvalue weighted by Gasteiger charge is -2.37. The van der Waals surface area contributed by atoms with Gasteiger partial charge in [-0.15, -0.1) is 0 Å². The third-order valence-corrected chi connectivity index (χ3v) is 5.67. The fourth-order valence-electron chi connectivity index (χ4n) is 3.63. The summed E-state index contributed by atoms with van der Waals surface area (Å²) in [6.45, 7) is 9.05. The van der Waals surface area contributed by atoms with Gasteiger partial charge in [-0.05, 0) is 73.5 Å². The molecule has 11 nitrogen and oxygen atoms in total. The molecule has 0 aliphatic carbocycles. The molecule has 0 unspecified atom stereocenters. The van der Waals surface area contributed by atoms with Gasteiger partial charge in [0.25, 0.3) is 5.91 Å². The number of pyridine rings is 2. The van der Waals surface area contributed by atoms with Crippen molar-refractivity contribution in [1.82, 2.24) is 20.2 Å². The maximum Gasteiger partial charge on any atom is 0.410 e. The Labute approximate surface area is 223 Å². The van der Waals surface area contributed by atoms with Gasteiger partial charge in [0.1, 0.15) is 21.7 Å². The predicted molar refractivity (Wildman–Crippen MR) is 141 cm³/mol. The smallest absolute Gasteiger partial charge is 0.410 e. The Morgan fingerprint density at radius 1 is 1.14 bits per heavy atom. The minimum Gasteiger partial charge on any atom is -0.444 e. The van der Waals surface area contributed by atoms with Crippen LogP contribution >= 0.6 is 15.9 Å². The fourth-order valence-corrected chi connectivity index (χ4v) is 3.97. The third-order valence-electron chi connectivity index (χ3n) is 5.23. The summed E-state index contributed by atoms with van der Waals surface area (Å²) in [6.07, 6.45) is 2.31. The van der Waals surface area contributed by atoms with Crippen molar-refractivity contribution >= 4 is 51.2 Å². The summed E-state index contributed by atoms with van der Waals surface area (Å²) in [7, 11) is 0. The van der Waals surface area contributed by atoms with Crippen LogP contribution in [0.15, 0.2) is 53.8 Å². The first kappa shape index (κ1) is 27.8. The van der Waals surface area contributed by atoms with Crippen LogP contribution in [0.2, 0.25) is 0 Å². The molecule has 37 heavy (non-hydrogen) atoms. The molecule has 0 aromatic carbocycles. The largest absolute Gasteiger partial charge is 0.444 e. The zero-order valence-corrected chi connectivity index (χ0v) is 22.4. The maximum atomic E-state index is 13.1. The average Bonchev–Trinajstić information content (AvgIpc) is 2.83. The summed E-state index contributed by atoms with van der Waals surface area (Å²) < 4.78 is 5.99. The van der Waals surface area contributed by atoms with E-state index in [1.807, 2.05) is 0 Å². The van der Waals surface area contributed by atoms with Crippen LogP contribution < -0.4 is 16.0 Å². The quantitative estimate of drug-likeness (QED) is 0.355. The number of nitrogens with one attached hydrogen (secondary N) is 3. The molecule has 2 aromatic rings. The van der Waals surface area contributed by atoms with E-state index in [1.165, 1.54) is 11.1 Å². The van der Waals surface area contributed by atoms with Gasteiger partial charge in [0.05, 0.1) is 17.8 Å². The van der Waals surface area contributed by atoms with Crippen LogP contribution in [0.5, 0.6) is 0 Å². The van der Waals surface area contributed by atoms with Crippen molar-refractivity contribution in [1.29, 1.82) is 0 Å². The lowest BCUT2D eigenvalue weighted by atomic mass is 9.93. The molecular weight excluding hydrogens is 544 g/mol. The van der Waals surface area contributed by atoms with E-state index < -0.39 is 35.5 Å². The van der Waals surface area contributed by atoms with Crippen LogP contribution in [0.4, 0.5) is 16.3 Å². The highest BCUT2D eigenvalue weighted by Gasteiger charge is 2.36. The summed E-state index contributed by atoms with van der Waals surface area (Å²) >= 11 is 3.22. The molecular formula is C25H29BrN6O5. The van der Waals surface area contributed by atoms with E-state index in [0.717, 1.165) is 6.08 Å². The summed E-state index contributed by atoms with van der Waals surface area (Å²) in [5, 5.41) is 8.19. The number of aromatic nitrogens is 2. The van der Waals surface area contributed by atoms with Gasteiger partial charge in [-0.2, -0.15) is 0 Å². The number of likely N-dealkylation sites (tertiary alicyclic amines) is 1. The molecule has 1 saturated heterocycles. The fraction of sp³-hybridized carbons (Fsp3) is 0.360. The summed E-state index contributed by atoms with van der Waals surface area (Å²) in [6, 6.07) is 7.67. The molecule has 0 spiro atoms. The molecule has 1 aliphatic heterocycles. The second kappa shape index (κ2) is 12.0. The van der Waals surface area contributed by atoms with E-state index >= 15 is 0 Å². The Morgan fingerprint density at radius 3 is 2.51 bits per heavy atom. The minimum atomic E-state index is -0.706. The Bertz CT molecular complexity index is 1180. The van der Waals surface area contributed by atoms with E-state index in [2.05, 4.69) is 48.4 Å².